The molecule has 0 nitrogen and oxygen atoms in total. The molecule has 190 valence electrons. The Morgan fingerprint density at radius 1 is 0.447 bits per heavy atom. The minimum atomic E-state index is 1.16. The Balaban J connectivity index is 1.30. The first-order chi connectivity index (χ1) is 18.8. The third-order valence-corrected chi connectivity index (χ3v) is 11.9. The summed E-state index contributed by atoms with van der Waals surface area (Å²) in [5.41, 5.74) is 4.11. The molecule has 6 aromatic rings. The zero-order valence-electron chi connectivity index (χ0n) is 21.5. The molecule has 0 aliphatic carbocycles. The summed E-state index contributed by atoms with van der Waals surface area (Å²) in [4.78, 5) is 11.0. The highest BCUT2D eigenvalue weighted by Gasteiger charge is 2.17. The van der Waals surface area contributed by atoms with Crippen molar-refractivity contribution in [1.82, 2.24) is 0 Å². The van der Waals surface area contributed by atoms with Crippen molar-refractivity contribution in [2.45, 2.75) is 39.0 Å². The molecule has 0 amide bonds. The van der Waals surface area contributed by atoms with Gasteiger partial charge in [0.1, 0.15) is 0 Å². The summed E-state index contributed by atoms with van der Waals surface area (Å²) in [6, 6.07) is 37.7. The van der Waals surface area contributed by atoms with Gasteiger partial charge in [0.25, 0.3) is 0 Å². The van der Waals surface area contributed by atoms with Crippen molar-refractivity contribution in [3.8, 4) is 50.1 Å². The van der Waals surface area contributed by atoms with E-state index in [4.69, 9.17) is 0 Å². The van der Waals surface area contributed by atoms with Gasteiger partial charge >= 0.3 is 0 Å². The summed E-state index contributed by atoms with van der Waals surface area (Å²) < 4.78 is 0. The zero-order valence-corrected chi connectivity index (χ0v) is 24.7. The van der Waals surface area contributed by atoms with E-state index < -0.39 is 0 Å². The summed E-state index contributed by atoms with van der Waals surface area (Å²) in [6.45, 7) is 2.29. The fourth-order valence-electron chi connectivity index (χ4n) is 4.73. The maximum absolute atomic E-state index is 2.48. The lowest BCUT2D eigenvalue weighted by atomic mass is 10.1. The summed E-state index contributed by atoms with van der Waals surface area (Å²) >= 11 is 7.71. The van der Waals surface area contributed by atoms with Crippen LogP contribution in [0.2, 0.25) is 0 Å². The van der Waals surface area contributed by atoms with Gasteiger partial charge in [-0.2, -0.15) is 0 Å². The molecule has 4 aromatic heterocycles. The van der Waals surface area contributed by atoms with Crippen LogP contribution in [0.5, 0.6) is 0 Å². The second-order valence-corrected chi connectivity index (χ2v) is 13.8. The van der Waals surface area contributed by atoms with Crippen LogP contribution in [0.25, 0.3) is 50.1 Å². The van der Waals surface area contributed by atoms with E-state index in [1.54, 1.807) is 0 Å². The normalized spacial score (nSPS) is 11.3. The largest absolute Gasteiger partial charge is 0.134 e. The fourth-order valence-corrected chi connectivity index (χ4v) is 9.29. The zero-order chi connectivity index (χ0) is 25.7. The van der Waals surface area contributed by atoms with Gasteiger partial charge in [-0.1, -0.05) is 86.8 Å². The minimum Gasteiger partial charge on any atom is -0.134 e. The average molecular weight is 567 g/mol. The molecule has 0 N–H and O–H groups in total. The van der Waals surface area contributed by atoms with Crippen molar-refractivity contribution >= 4 is 45.3 Å². The van der Waals surface area contributed by atoms with Gasteiger partial charge in [-0.05, 0) is 72.0 Å². The Hall–Kier alpha value is -2.76. The van der Waals surface area contributed by atoms with Crippen molar-refractivity contribution in [2.24, 2.45) is 0 Å². The van der Waals surface area contributed by atoms with E-state index >= 15 is 0 Å². The molecule has 4 heteroatoms. The van der Waals surface area contributed by atoms with E-state index in [0.29, 0.717) is 0 Å². The second kappa shape index (κ2) is 12.0. The molecule has 0 unspecified atom stereocenters. The summed E-state index contributed by atoms with van der Waals surface area (Å²) in [5.74, 6) is 0. The number of thiophene rings is 4. The lowest BCUT2D eigenvalue weighted by Gasteiger charge is -2.02. The van der Waals surface area contributed by atoms with Crippen LogP contribution in [-0.2, 0) is 6.42 Å². The highest BCUT2D eigenvalue weighted by atomic mass is 32.1. The molecule has 6 rings (SSSR count). The van der Waals surface area contributed by atoms with Crippen molar-refractivity contribution in [3.63, 3.8) is 0 Å². The van der Waals surface area contributed by atoms with Crippen LogP contribution in [0.3, 0.4) is 0 Å². The molecule has 0 aliphatic heterocycles. The van der Waals surface area contributed by atoms with Gasteiger partial charge in [-0.25, -0.2) is 0 Å². The monoisotopic (exact) mass is 566 g/mol. The number of hydrogen-bond donors (Lipinski definition) is 0. The molecule has 0 saturated heterocycles. The van der Waals surface area contributed by atoms with E-state index in [1.165, 1.54) is 81.4 Å². The molecule has 0 aliphatic rings. The van der Waals surface area contributed by atoms with Crippen LogP contribution in [0.4, 0.5) is 0 Å². The highest BCUT2D eigenvalue weighted by molar-refractivity contribution is 7.29. The number of unbranched alkanes of at least 4 members (excludes halogenated alkanes) is 3. The predicted octanol–water partition coefficient (Wildman–Crippen LogP) is 12.4. The number of benzene rings is 2. The fraction of sp³-hybridized carbons (Fsp3) is 0.176. The van der Waals surface area contributed by atoms with Crippen LogP contribution < -0.4 is 0 Å². The number of rotatable bonds is 10. The lowest BCUT2D eigenvalue weighted by Crippen LogP contribution is -1.85. The van der Waals surface area contributed by atoms with Crippen LogP contribution in [0, 0.1) is 0 Å². The summed E-state index contributed by atoms with van der Waals surface area (Å²) in [7, 11) is 0. The molecule has 4 heterocycles. The third-order valence-electron chi connectivity index (χ3n) is 6.75. The van der Waals surface area contributed by atoms with Gasteiger partial charge in [0, 0.05) is 39.0 Å². The van der Waals surface area contributed by atoms with Crippen LogP contribution in [0.1, 0.15) is 38.2 Å². The molecular weight excluding hydrogens is 537 g/mol. The van der Waals surface area contributed by atoms with Crippen LogP contribution >= 0.6 is 45.3 Å². The maximum atomic E-state index is 2.48. The van der Waals surface area contributed by atoms with E-state index in [2.05, 4.69) is 110 Å². The Morgan fingerprint density at radius 2 is 0.947 bits per heavy atom. The molecule has 2 aromatic carbocycles. The SMILES string of the molecule is CCCCCCc1cc(-c2ccc(-c3ccccc3)s2)sc1-c1ccc(-c2ccc(-c3ccccc3)s2)s1. The molecule has 0 saturated carbocycles. The van der Waals surface area contributed by atoms with Crippen molar-refractivity contribution < 1.29 is 0 Å². The molecule has 0 bridgehead atoms. The van der Waals surface area contributed by atoms with Gasteiger partial charge < -0.3 is 0 Å². The summed E-state index contributed by atoms with van der Waals surface area (Å²) in [6.07, 6.45) is 6.33. The molecule has 38 heavy (non-hydrogen) atoms. The molecule has 0 spiro atoms. The van der Waals surface area contributed by atoms with Crippen molar-refractivity contribution in [2.75, 3.05) is 0 Å². The van der Waals surface area contributed by atoms with Crippen molar-refractivity contribution in [3.05, 3.63) is 109 Å². The molecule has 0 atom stereocenters. The Bertz CT molecular complexity index is 1590. The minimum absolute atomic E-state index is 1.16. The maximum Gasteiger partial charge on any atom is 0.0481 e. The third kappa shape index (κ3) is 5.64. The molecule has 0 radical (unpaired) electrons. The smallest absolute Gasteiger partial charge is 0.0481 e. The molecule has 0 fully saturated rings. The lowest BCUT2D eigenvalue weighted by molar-refractivity contribution is 0.668. The first kappa shape index (κ1) is 25.5. The van der Waals surface area contributed by atoms with Crippen molar-refractivity contribution in [1.29, 1.82) is 0 Å². The van der Waals surface area contributed by atoms with Crippen LogP contribution in [-0.4, -0.2) is 0 Å². The van der Waals surface area contributed by atoms with Gasteiger partial charge in [-0.3, -0.25) is 0 Å². The first-order valence-electron chi connectivity index (χ1n) is 13.3. The van der Waals surface area contributed by atoms with E-state index in [-0.39, 0.29) is 0 Å². The highest BCUT2D eigenvalue weighted by Crippen LogP contribution is 2.47. The van der Waals surface area contributed by atoms with Gasteiger partial charge in [0.2, 0.25) is 0 Å². The van der Waals surface area contributed by atoms with Crippen LogP contribution in [0.15, 0.2) is 103 Å². The van der Waals surface area contributed by atoms with E-state index in [1.807, 2.05) is 45.3 Å². The topological polar surface area (TPSA) is 0 Å². The molecular formula is C34H30S4. The van der Waals surface area contributed by atoms with Gasteiger partial charge in [-0.15, -0.1) is 45.3 Å². The Morgan fingerprint density at radius 3 is 1.53 bits per heavy atom. The quantitative estimate of drug-likeness (QED) is 0.145. The Labute approximate surface area is 241 Å². The number of aryl methyl sites for hydroxylation is 1. The second-order valence-electron chi connectivity index (χ2n) is 9.50. The van der Waals surface area contributed by atoms with Gasteiger partial charge in [0.15, 0.2) is 0 Å². The number of hydrogen-bond acceptors (Lipinski definition) is 4. The van der Waals surface area contributed by atoms with Gasteiger partial charge in [0.05, 0.1) is 0 Å². The van der Waals surface area contributed by atoms with E-state index in [0.717, 1.165) is 6.42 Å². The predicted molar refractivity (Wildman–Crippen MR) is 173 cm³/mol. The average Bonchev–Trinajstić information content (AvgIpc) is 3.78. The summed E-state index contributed by atoms with van der Waals surface area (Å²) in [5, 5.41) is 0. The first-order valence-corrected chi connectivity index (χ1v) is 16.6. The standard InChI is InChI=1S/C34H30S4/c1-2-3-4-7-16-26-23-33(31-20-18-28(36-31)25-14-10-6-11-15-25)38-34(26)32-22-21-30(37-32)29-19-17-27(35-29)24-12-8-5-9-13-24/h5-6,8-15,17-23H,2-4,7,16H2,1H3. The van der Waals surface area contributed by atoms with E-state index in [9.17, 15) is 0 Å². The Kier molecular flexibility index (Phi) is 8.03.